The smallest absolute Gasteiger partial charge is 0.0561 e. The Morgan fingerprint density at radius 2 is 2.12 bits per heavy atom. The van der Waals surface area contributed by atoms with Gasteiger partial charge in [-0.05, 0) is 42.1 Å². The Labute approximate surface area is 111 Å². The van der Waals surface area contributed by atoms with Gasteiger partial charge in [-0.1, -0.05) is 18.5 Å². The number of rotatable bonds is 5. The van der Waals surface area contributed by atoms with Crippen LogP contribution in [-0.4, -0.2) is 11.5 Å². The number of likely N-dealkylation sites (N-methyl/N-ethyl adjacent to an activating group) is 1. The molecular formula is C13H15ClN2S. The molecule has 2 aromatic heterocycles. The van der Waals surface area contributed by atoms with Crippen LogP contribution in [0.4, 0.5) is 0 Å². The molecule has 1 unspecified atom stereocenters. The van der Waals surface area contributed by atoms with Gasteiger partial charge in [0, 0.05) is 23.3 Å². The van der Waals surface area contributed by atoms with Gasteiger partial charge in [-0.15, -0.1) is 11.3 Å². The van der Waals surface area contributed by atoms with Crippen molar-refractivity contribution in [2.24, 2.45) is 0 Å². The van der Waals surface area contributed by atoms with Gasteiger partial charge in [-0.25, -0.2) is 0 Å². The third kappa shape index (κ3) is 3.28. The van der Waals surface area contributed by atoms with E-state index in [1.54, 1.807) is 11.3 Å². The second kappa shape index (κ2) is 6.15. The first-order chi connectivity index (χ1) is 8.31. The summed E-state index contributed by atoms with van der Waals surface area (Å²) in [6, 6.07) is 6.34. The molecule has 0 fully saturated rings. The number of pyridine rings is 1. The lowest BCUT2D eigenvalue weighted by Crippen LogP contribution is -2.22. The number of hydrogen-bond acceptors (Lipinski definition) is 3. The SMILES string of the molecule is CCNC(Cc1ccncc1)c1sccc1Cl. The van der Waals surface area contributed by atoms with Crippen LogP contribution in [0.2, 0.25) is 5.02 Å². The summed E-state index contributed by atoms with van der Waals surface area (Å²) in [6.45, 7) is 3.05. The molecule has 0 aliphatic heterocycles. The van der Waals surface area contributed by atoms with Crippen molar-refractivity contribution in [2.75, 3.05) is 6.54 Å². The van der Waals surface area contributed by atoms with Crippen LogP contribution in [0, 0.1) is 0 Å². The zero-order chi connectivity index (χ0) is 12.1. The summed E-state index contributed by atoms with van der Waals surface area (Å²) in [6.07, 6.45) is 4.60. The van der Waals surface area contributed by atoms with Crippen molar-refractivity contribution < 1.29 is 0 Å². The van der Waals surface area contributed by atoms with Crippen LogP contribution in [0.5, 0.6) is 0 Å². The van der Waals surface area contributed by atoms with Gasteiger partial charge in [0.2, 0.25) is 0 Å². The number of nitrogens with zero attached hydrogens (tertiary/aromatic N) is 1. The molecule has 1 atom stereocenters. The Hall–Kier alpha value is -0.900. The van der Waals surface area contributed by atoms with Crippen molar-refractivity contribution in [2.45, 2.75) is 19.4 Å². The summed E-state index contributed by atoms with van der Waals surface area (Å²) >= 11 is 7.90. The van der Waals surface area contributed by atoms with Crippen molar-refractivity contribution in [1.29, 1.82) is 0 Å². The van der Waals surface area contributed by atoms with Gasteiger partial charge in [-0.2, -0.15) is 0 Å². The fourth-order valence-corrected chi connectivity index (χ4v) is 3.08. The molecule has 2 aromatic rings. The van der Waals surface area contributed by atoms with Gasteiger partial charge in [0.25, 0.3) is 0 Å². The molecule has 0 spiro atoms. The van der Waals surface area contributed by atoms with E-state index >= 15 is 0 Å². The lowest BCUT2D eigenvalue weighted by Gasteiger charge is -2.17. The predicted molar refractivity (Wildman–Crippen MR) is 73.7 cm³/mol. The van der Waals surface area contributed by atoms with Crippen LogP contribution < -0.4 is 5.32 Å². The molecule has 0 saturated heterocycles. The van der Waals surface area contributed by atoms with Gasteiger partial charge < -0.3 is 5.32 Å². The predicted octanol–water partition coefficient (Wildman–Crippen LogP) is 3.69. The molecule has 0 radical (unpaired) electrons. The maximum absolute atomic E-state index is 6.19. The Morgan fingerprint density at radius 3 is 2.71 bits per heavy atom. The molecule has 0 saturated carbocycles. The average Bonchev–Trinajstić information content (AvgIpc) is 2.76. The van der Waals surface area contributed by atoms with Crippen molar-refractivity contribution in [3.63, 3.8) is 0 Å². The first-order valence-corrected chi connectivity index (χ1v) is 6.92. The van der Waals surface area contributed by atoms with Crippen molar-refractivity contribution in [3.8, 4) is 0 Å². The van der Waals surface area contributed by atoms with E-state index in [0.29, 0.717) is 0 Å². The second-order valence-corrected chi connectivity index (χ2v) is 5.16. The fraction of sp³-hybridized carbons (Fsp3) is 0.308. The molecule has 17 heavy (non-hydrogen) atoms. The third-order valence-corrected chi connectivity index (χ3v) is 4.07. The normalized spacial score (nSPS) is 12.6. The van der Waals surface area contributed by atoms with E-state index in [0.717, 1.165) is 18.0 Å². The minimum Gasteiger partial charge on any atom is -0.309 e. The van der Waals surface area contributed by atoms with E-state index in [4.69, 9.17) is 11.6 Å². The van der Waals surface area contributed by atoms with E-state index in [2.05, 4.69) is 17.2 Å². The third-order valence-electron chi connectivity index (χ3n) is 2.60. The highest BCUT2D eigenvalue weighted by Gasteiger charge is 2.15. The van der Waals surface area contributed by atoms with Crippen molar-refractivity contribution >= 4 is 22.9 Å². The highest BCUT2D eigenvalue weighted by Crippen LogP contribution is 2.30. The Kier molecular flexibility index (Phi) is 4.54. The zero-order valence-corrected chi connectivity index (χ0v) is 11.3. The van der Waals surface area contributed by atoms with E-state index in [1.807, 2.05) is 36.0 Å². The van der Waals surface area contributed by atoms with Gasteiger partial charge in [0.1, 0.15) is 0 Å². The molecule has 2 heterocycles. The molecule has 0 aromatic carbocycles. The second-order valence-electron chi connectivity index (χ2n) is 3.80. The van der Waals surface area contributed by atoms with Crippen molar-refractivity contribution in [3.05, 3.63) is 51.4 Å². The summed E-state index contributed by atoms with van der Waals surface area (Å²) in [5.41, 5.74) is 1.27. The zero-order valence-electron chi connectivity index (χ0n) is 9.69. The molecule has 0 amide bonds. The molecule has 90 valence electrons. The molecule has 0 bridgehead atoms. The van der Waals surface area contributed by atoms with Crippen LogP contribution in [-0.2, 0) is 6.42 Å². The van der Waals surface area contributed by atoms with E-state index < -0.39 is 0 Å². The highest BCUT2D eigenvalue weighted by molar-refractivity contribution is 7.10. The fourth-order valence-electron chi connectivity index (χ4n) is 1.81. The monoisotopic (exact) mass is 266 g/mol. The van der Waals surface area contributed by atoms with Gasteiger partial charge >= 0.3 is 0 Å². The molecule has 2 rings (SSSR count). The van der Waals surface area contributed by atoms with E-state index in [9.17, 15) is 0 Å². The lowest BCUT2D eigenvalue weighted by molar-refractivity contribution is 0.558. The average molecular weight is 267 g/mol. The summed E-state index contributed by atoms with van der Waals surface area (Å²) < 4.78 is 0. The van der Waals surface area contributed by atoms with Gasteiger partial charge in [-0.3, -0.25) is 4.98 Å². The van der Waals surface area contributed by atoms with Gasteiger partial charge in [0.15, 0.2) is 0 Å². The number of thiophene rings is 1. The largest absolute Gasteiger partial charge is 0.309 e. The lowest BCUT2D eigenvalue weighted by atomic mass is 10.1. The molecular weight excluding hydrogens is 252 g/mol. The highest BCUT2D eigenvalue weighted by atomic mass is 35.5. The first-order valence-electron chi connectivity index (χ1n) is 5.66. The molecule has 1 N–H and O–H groups in total. The summed E-state index contributed by atoms with van der Waals surface area (Å²) in [5, 5.41) is 6.37. The standard InChI is InChI=1S/C13H15ClN2S/c1-2-16-12(13-11(14)5-8-17-13)9-10-3-6-15-7-4-10/h3-8,12,16H,2,9H2,1H3. The summed E-state index contributed by atoms with van der Waals surface area (Å²) in [7, 11) is 0. The number of aromatic nitrogens is 1. The minimum absolute atomic E-state index is 0.287. The minimum atomic E-state index is 0.287. The topological polar surface area (TPSA) is 24.9 Å². The summed E-state index contributed by atoms with van der Waals surface area (Å²) in [4.78, 5) is 5.25. The molecule has 4 heteroatoms. The maximum Gasteiger partial charge on any atom is 0.0561 e. The van der Waals surface area contributed by atoms with Crippen LogP contribution in [0.15, 0.2) is 36.0 Å². The van der Waals surface area contributed by atoms with Crippen LogP contribution in [0.3, 0.4) is 0 Å². The Bertz CT molecular complexity index is 455. The van der Waals surface area contributed by atoms with Gasteiger partial charge in [0.05, 0.1) is 5.02 Å². The molecule has 0 aliphatic carbocycles. The molecule has 0 aliphatic rings. The Balaban J connectivity index is 2.16. The molecule has 2 nitrogen and oxygen atoms in total. The number of halogens is 1. The first kappa shape index (κ1) is 12.6. The van der Waals surface area contributed by atoms with Crippen LogP contribution >= 0.6 is 22.9 Å². The Morgan fingerprint density at radius 1 is 1.35 bits per heavy atom. The number of hydrogen-bond donors (Lipinski definition) is 1. The number of nitrogens with one attached hydrogen (secondary N) is 1. The van der Waals surface area contributed by atoms with E-state index in [-0.39, 0.29) is 6.04 Å². The van der Waals surface area contributed by atoms with Crippen molar-refractivity contribution in [1.82, 2.24) is 10.3 Å². The van der Waals surface area contributed by atoms with Crippen LogP contribution in [0.1, 0.15) is 23.4 Å². The van der Waals surface area contributed by atoms with Crippen LogP contribution in [0.25, 0.3) is 0 Å². The van der Waals surface area contributed by atoms with E-state index in [1.165, 1.54) is 10.4 Å². The quantitative estimate of drug-likeness (QED) is 0.893. The maximum atomic E-state index is 6.19. The summed E-state index contributed by atoms with van der Waals surface area (Å²) in [5.74, 6) is 0.